The van der Waals surface area contributed by atoms with Gasteiger partial charge in [0.15, 0.2) is 0 Å². The molecule has 2 rings (SSSR count). The maximum Gasteiger partial charge on any atom is 0.123 e. The van der Waals surface area contributed by atoms with E-state index in [0.29, 0.717) is 5.82 Å². The first kappa shape index (κ1) is 11.3. The minimum atomic E-state index is 0.548. The quantitative estimate of drug-likeness (QED) is 0.846. The topological polar surface area (TPSA) is 38.9 Å². The summed E-state index contributed by atoms with van der Waals surface area (Å²) in [4.78, 5) is 5.15. The van der Waals surface area contributed by atoms with E-state index in [-0.39, 0.29) is 0 Å². The summed E-state index contributed by atoms with van der Waals surface area (Å²) in [6.45, 7) is 0. The number of pyridine rings is 1. The van der Waals surface area contributed by atoms with E-state index in [1.807, 2.05) is 24.3 Å². The van der Waals surface area contributed by atoms with Crippen molar-refractivity contribution in [1.29, 1.82) is 0 Å². The maximum absolute atomic E-state index is 5.91. The number of benzene rings is 1. The molecular formula is C12H11ClN2S. The fourth-order valence-electron chi connectivity index (χ4n) is 1.27. The Kier molecular flexibility index (Phi) is 3.70. The van der Waals surface area contributed by atoms with Crippen LogP contribution in [-0.4, -0.2) is 4.98 Å². The van der Waals surface area contributed by atoms with Gasteiger partial charge >= 0.3 is 0 Å². The summed E-state index contributed by atoms with van der Waals surface area (Å²) in [7, 11) is 0. The van der Waals surface area contributed by atoms with Crippen LogP contribution in [0.2, 0.25) is 5.02 Å². The van der Waals surface area contributed by atoms with Gasteiger partial charge in [-0.3, -0.25) is 0 Å². The van der Waals surface area contributed by atoms with Crippen LogP contribution in [0.25, 0.3) is 0 Å². The van der Waals surface area contributed by atoms with Crippen LogP contribution in [0, 0.1) is 0 Å². The summed E-state index contributed by atoms with van der Waals surface area (Å²) < 4.78 is 0. The third-order valence-electron chi connectivity index (χ3n) is 2.05. The highest BCUT2D eigenvalue weighted by Gasteiger charge is 1.97. The number of thioether (sulfide) groups is 1. The van der Waals surface area contributed by atoms with Crippen LogP contribution in [0.1, 0.15) is 5.56 Å². The molecular weight excluding hydrogens is 240 g/mol. The second-order valence-electron chi connectivity index (χ2n) is 3.34. The molecule has 1 heterocycles. The zero-order chi connectivity index (χ0) is 11.4. The molecule has 0 spiro atoms. The first-order chi connectivity index (χ1) is 7.74. The van der Waals surface area contributed by atoms with Crippen LogP contribution in [0.3, 0.4) is 0 Å². The Morgan fingerprint density at radius 2 is 2.12 bits per heavy atom. The molecule has 2 aromatic rings. The molecule has 16 heavy (non-hydrogen) atoms. The predicted octanol–water partition coefficient (Wildman–Crippen LogP) is 3.61. The lowest BCUT2D eigenvalue weighted by atomic mass is 10.2. The van der Waals surface area contributed by atoms with Crippen LogP contribution in [-0.2, 0) is 5.75 Å². The van der Waals surface area contributed by atoms with Gasteiger partial charge in [0.2, 0.25) is 0 Å². The fourth-order valence-corrected chi connectivity index (χ4v) is 2.29. The third kappa shape index (κ3) is 3.15. The van der Waals surface area contributed by atoms with Gasteiger partial charge in [0.25, 0.3) is 0 Å². The number of nitrogens with zero attached hydrogens (tertiary/aromatic N) is 1. The molecule has 0 atom stereocenters. The van der Waals surface area contributed by atoms with Crippen molar-refractivity contribution in [3.63, 3.8) is 0 Å². The van der Waals surface area contributed by atoms with Crippen LogP contribution in [0.15, 0.2) is 47.5 Å². The molecule has 0 radical (unpaired) electrons. The van der Waals surface area contributed by atoms with Gasteiger partial charge in [-0.1, -0.05) is 23.7 Å². The fraction of sp³-hybridized carbons (Fsp3) is 0.0833. The molecule has 0 aliphatic heterocycles. The van der Waals surface area contributed by atoms with E-state index in [1.54, 1.807) is 24.0 Å². The van der Waals surface area contributed by atoms with Crippen molar-refractivity contribution in [2.24, 2.45) is 0 Å². The van der Waals surface area contributed by atoms with E-state index in [1.165, 1.54) is 5.56 Å². The standard InChI is InChI=1S/C12H11ClN2S/c13-10-3-1-2-9(6-10)8-16-11-4-5-12(14)15-7-11/h1-7H,8H2,(H2,14,15). The minimum Gasteiger partial charge on any atom is -0.384 e. The van der Waals surface area contributed by atoms with Gasteiger partial charge in [-0.05, 0) is 29.8 Å². The molecule has 0 unspecified atom stereocenters. The monoisotopic (exact) mass is 250 g/mol. The Bertz CT molecular complexity index is 471. The predicted molar refractivity (Wildman–Crippen MR) is 69.7 cm³/mol. The number of hydrogen-bond donors (Lipinski definition) is 1. The average molecular weight is 251 g/mol. The molecule has 82 valence electrons. The molecule has 4 heteroatoms. The van der Waals surface area contributed by atoms with Crippen molar-refractivity contribution in [1.82, 2.24) is 4.98 Å². The lowest BCUT2D eigenvalue weighted by Crippen LogP contribution is -1.88. The van der Waals surface area contributed by atoms with Crippen LogP contribution in [0.5, 0.6) is 0 Å². The summed E-state index contributed by atoms with van der Waals surface area (Å²) in [5.74, 6) is 1.43. The molecule has 0 bridgehead atoms. The zero-order valence-corrected chi connectivity index (χ0v) is 10.1. The molecule has 1 aromatic carbocycles. The summed E-state index contributed by atoms with van der Waals surface area (Å²) in [5.41, 5.74) is 6.72. The van der Waals surface area contributed by atoms with E-state index >= 15 is 0 Å². The van der Waals surface area contributed by atoms with Crippen molar-refractivity contribution in [2.75, 3.05) is 5.73 Å². The average Bonchev–Trinajstić information content (AvgIpc) is 2.28. The highest BCUT2D eigenvalue weighted by Crippen LogP contribution is 2.23. The van der Waals surface area contributed by atoms with E-state index in [4.69, 9.17) is 17.3 Å². The van der Waals surface area contributed by atoms with Crippen molar-refractivity contribution >= 4 is 29.2 Å². The maximum atomic E-state index is 5.91. The third-order valence-corrected chi connectivity index (χ3v) is 3.34. The van der Waals surface area contributed by atoms with Crippen molar-refractivity contribution < 1.29 is 0 Å². The van der Waals surface area contributed by atoms with Gasteiger partial charge in [0.05, 0.1) is 0 Å². The van der Waals surface area contributed by atoms with E-state index in [0.717, 1.165) is 15.7 Å². The first-order valence-corrected chi connectivity index (χ1v) is 6.19. The zero-order valence-electron chi connectivity index (χ0n) is 8.56. The summed E-state index contributed by atoms with van der Waals surface area (Å²) in [5, 5.41) is 0.772. The Morgan fingerprint density at radius 3 is 2.81 bits per heavy atom. The lowest BCUT2D eigenvalue weighted by molar-refractivity contribution is 1.24. The highest BCUT2D eigenvalue weighted by atomic mass is 35.5. The van der Waals surface area contributed by atoms with Crippen molar-refractivity contribution in [3.05, 3.63) is 53.2 Å². The smallest absolute Gasteiger partial charge is 0.123 e. The van der Waals surface area contributed by atoms with Gasteiger partial charge in [-0.25, -0.2) is 4.98 Å². The van der Waals surface area contributed by atoms with Gasteiger partial charge in [0.1, 0.15) is 5.82 Å². The summed E-state index contributed by atoms with van der Waals surface area (Å²) >= 11 is 7.62. The second-order valence-corrected chi connectivity index (χ2v) is 4.82. The summed E-state index contributed by atoms with van der Waals surface area (Å²) in [6, 6.07) is 11.6. The Labute approximate surface area is 104 Å². The van der Waals surface area contributed by atoms with Gasteiger partial charge in [-0.15, -0.1) is 11.8 Å². The van der Waals surface area contributed by atoms with Gasteiger partial charge < -0.3 is 5.73 Å². The number of nitrogens with two attached hydrogens (primary N) is 1. The van der Waals surface area contributed by atoms with E-state index in [2.05, 4.69) is 11.1 Å². The van der Waals surface area contributed by atoms with Crippen molar-refractivity contribution in [3.8, 4) is 0 Å². The number of rotatable bonds is 3. The van der Waals surface area contributed by atoms with E-state index < -0.39 is 0 Å². The largest absolute Gasteiger partial charge is 0.384 e. The summed E-state index contributed by atoms with van der Waals surface area (Å²) in [6.07, 6.45) is 1.78. The lowest BCUT2D eigenvalue weighted by Gasteiger charge is -2.02. The molecule has 0 fully saturated rings. The van der Waals surface area contributed by atoms with Crippen LogP contribution < -0.4 is 5.73 Å². The SMILES string of the molecule is Nc1ccc(SCc2cccc(Cl)c2)cn1. The number of halogens is 1. The molecule has 0 saturated heterocycles. The Morgan fingerprint density at radius 1 is 1.25 bits per heavy atom. The first-order valence-electron chi connectivity index (χ1n) is 4.83. The molecule has 0 amide bonds. The second kappa shape index (κ2) is 5.23. The van der Waals surface area contributed by atoms with Crippen LogP contribution >= 0.6 is 23.4 Å². The minimum absolute atomic E-state index is 0.548. The molecule has 1 aromatic heterocycles. The molecule has 2 N–H and O–H groups in total. The molecule has 0 saturated carbocycles. The Balaban J connectivity index is 1.99. The normalized spacial score (nSPS) is 10.3. The number of hydrogen-bond acceptors (Lipinski definition) is 3. The molecule has 0 aliphatic carbocycles. The molecule has 0 aliphatic rings. The van der Waals surface area contributed by atoms with Crippen LogP contribution in [0.4, 0.5) is 5.82 Å². The van der Waals surface area contributed by atoms with E-state index in [9.17, 15) is 0 Å². The van der Waals surface area contributed by atoms with Crippen molar-refractivity contribution in [2.45, 2.75) is 10.6 Å². The number of aromatic nitrogens is 1. The number of nitrogen functional groups attached to an aromatic ring is 1. The van der Waals surface area contributed by atoms with Gasteiger partial charge in [-0.2, -0.15) is 0 Å². The molecule has 2 nitrogen and oxygen atoms in total. The Hall–Kier alpha value is -1.19. The number of anilines is 1. The highest BCUT2D eigenvalue weighted by molar-refractivity contribution is 7.98. The van der Waals surface area contributed by atoms with Gasteiger partial charge in [0, 0.05) is 21.9 Å².